The molecule has 72 valence electrons. The smallest absolute Gasteiger partial charge is 0.394 e. The van der Waals surface area contributed by atoms with E-state index in [1.165, 1.54) is 6.19 Å². The summed E-state index contributed by atoms with van der Waals surface area (Å²) in [6, 6.07) is 0. The van der Waals surface area contributed by atoms with Crippen molar-refractivity contribution in [1.29, 1.82) is 5.26 Å². The lowest BCUT2D eigenvalue weighted by Crippen LogP contribution is -2.23. The molecule has 0 bridgehead atoms. The Morgan fingerprint density at radius 3 is 2.62 bits per heavy atom. The molecule has 0 atom stereocenters. The molecule has 0 fully saturated rings. The van der Waals surface area contributed by atoms with E-state index in [1.807, 2.05) is 0 Å². The van der Waals surface area contributed by atoms with Crippen LogP contribution < -0.4 is 0 Å². The number of hydrogen-bond donors (Lipinski definition) is 0. The Bertz CT molecular complexity index is 240. The number of rotatable bonds is 2. The maximum absolute atomic E-state index is 11.0. The van der Waals surface area contributed by atoms with Gasteiger partial charge in [0.2, 0.25) is 6.19 Å². The van der Waals surface area contributed by atoms with Crippen LogP contribution in [-0.2, 0) is 14.3 Å². The maximum Gasteiger partial charge on any atom is 0.394 e. The first-order chi connectivity index (χ1) is 6.11. The molecule has 0 aliphatic heterocycles. The van der Waals surface area contributed by atoms with Crippen molar-refractivity contribution in [2.24, 2.45) is 4.99 Å². The van der Waals surface area contributed by atoms with E-state index in [9.17, 15) is 4.79 Å². The zero-order valence-corrected chi connectivity index (χ0v) is 7.90. The van der Waals surface area contributed by atoms with Gasteiger partial charge < -0.3 is 9.47 Å². The van der Waals surface area contributed by atoms with E-state index >= 15 is 0 Å². The molecule has 0 saturated carbocycles. The molecule has 5 heteroatoms. The van der Waals surface area contributed by atoms with Crippen molar-refractivity contribution in [2.45, 2.75) is 26.9 Å². The van der Waals surface area contributed by atoms with E-state index in [1.54, 1.807) is 20.8 Å². The molecule has 0 heterocycles. The van der Waals surface area contributed by atoms with E-state index in [0.717, 1.165) is 0 Å². The summed E-state index contributed by atoms with van der Waals surface area (Å²) in [7, 11) is 0. The highest BCUT2D eigenvalue weighted by molar-refractivity contribution is 6.32. The van der Waals surface area contributed by atoms with Gasteiger partial charge >= 0.3 is 11.9 Å². The predicted octanol–water partition coefficient (Wildman–Crippen LogP) is 0.854. The van der Waals surface area contributed by atoms with Gasteiger partial charge in [0.05, 0.1) is 12.7 Å². The van der Waals surface area contributed by atoms with Gasteiger partial charge in [-0.1, -0.05) is 0 Å². The number of carbonyl (C=O) groups is 1. The summed E-state index contributed by atoms with van der Waals surface area (Å²) in [5.41, 5.74) is 0. The second kappa shape index (κ2) is 6.00. The van der Waals surface area contributed by atoms with Gasteiger partial charge in [-0.05, 0) is 20.8 Å². The third kappa shape index (κ3) is 4.80. The lowest BCUT2D eigenvalue weighted by atomic mass is 10.5. The van der Waals surface area contributed by atoms with Crippen LogP contribution in [0.1, 0.15) is 20.8 Å². The quantitative estimate of drug-likeness (QED) is 0.276. The van der Waals surface area contributed by atoms with Gasteiger partial charge in [-0.3, -0.25) is 0 Å². The Labute approximate surface area is 77.0 Å². The summed E-state index contributed by atoms with van der Waals surface area (Å²) in [5.74, 6) is -1.00. The molecule has 0 amide bonds. The molecule has 0 rings (SSSR count). The first kappa shape index (κ1) is 11.4. The molecule has 0 aliphatic carbocycles. The number of aliphatic imine (C=N–C) groups is 1. The molecule has 0 aliphatic rings. The van der Waals surface area contributed by atoms with Gasteiger partial charge in [-0.25, -0.2) is 4.79 Å². The minimum Gasteiger partial charge on any atom is -0.469 e. The minimum absolute atomic E-state index is 0.212. The van der Waals surface area contributed by atoms with Crippen molar-refractivity contribution < 1.29 is 14.3 Å². The number of nitrogens with zero attached hydrogens (tertiary/aromatic N) is 2. The highest BCUT2D eigenvalue weighted by atomic mass is 16.6. The molecular formula is C8H12N2O3. The molecule has 0 saturated heterocycles. The number of ether oxygens (including phenoxy) is 2. The zero-order chi connectivity index (χ0) is 10.3. The van der Waals surface area contributed by atoms with E-state index in [2.05, 4.69) is 9.73 Å². The molecule has 0 unspecified atom stereocenters. The van der Waals surface area contributed by atoms with Gasteiger partial charge in [-0.2, -0.15) is 5.26 Å². The second-order valence-electron chi connectivity index (χ2n) is 2.40. The monoisotopic (exact) mass is 184 g/mol. The van der Waals surface area contributed by atoms with Gasteiger partial charge in [0.15, 0.2) is 0 Å². The predicted molar refractivity (Wildman–Crippen MR) is 45.9 cm³/mol. The van der Waals surface area contributed by atoms with Crippen LogP contribution >= 0.6 is 0 Å². The van der Waals surface area contributed by atoms with Crippen LogP contribution in [0.5, 0.6) is 0 Å². The van der Waals surface area contributed by atoms with Crippen molar-refractivity contribution >= 4 is 11.9 Å². The number of nitriles is 1. The standard InChI is InChI=1S/C8H12N2O3/c1-4-12-8(11)7(10-5-9)13-6(2)3/h6H,4H2,1-3H3. The average molecular weight is 184 g/mol. The van der Waals surface area contributed by atoms with Gasteiger partial charge in [0, 0.05) is 0 Å². The molecule has 0 radical (unpaired) electrons. The third-order valence-corrected chi connectivity index (χ3v) is 0.949. The fraction of sp³-hybridized carbons (Fsp3) is 0.625. The van der Waals surface area contributed by atoms with Crippen LogP contribution in [0.3, 0.4) is 0 Å². The third-order valence-electron chi connectivity index (χ3n) is 0.949. The van der Waals surface area contributed by atoms with E-state index in [0.29, 0.717) is 0 Å². The van der Waals surface area contributed by atoms with E-state index in [-0.39, 0.29) is 18.6 Å². The van der Waals surface area contributed by atoms with Gasteiger partial charge in [0.1, 0.15) is 0 Å². The Morgan fingerprint density at radius 2 is 2.23 bits per heavy atom. The summed E-state index contributed by atoms with van der Waals surface area (Å²) in [6.07, 6.45) is 1.26. The first-order valence-electron chi connectivity index (χ1n) is 3.92. The molecule has 0 aromatic carbocycles. The Balaban J connectivity index is 4.36. The molecule has 0 N–H and O–H groups in total. The molecule has 0 aromatic heterocycles. The van der Waals surface area contributed by atoms with Crippen LogP contribution in [0.25, 0.3) is 0 Å². The van der Waals surface area contributed by atoms with Crippen molar-refractivity contribution in [1.82, 2.24) is 0 Å². The summed E-state index contributed by atoms with van der Waals surface area (Å²) in [4.78, 5) is 14.2. The Kier molecular flexibility index (Phi) is 5.28. The van der Waals surface area contributed by atoms with Gasteiger partial charge in [-0.15, -0.1) is 4.99 Å². The van der Waals surface area contributed by atoms with Crippen LogP contribution in [0, 0.1) is 11.5 Å². The van der Waals surface area contributed by atoms with Crippen molar-refractivity contribution in [3.8, 4) is 6.19 Å². The summed E-state index contributed by atoms with van der Waals surface area (Å²) < 4.78 is 9.57. The van der Waals surface area contributed by atoms with Crippen LogP contribution in [0.2, 0.25) is 0 Å². The summed E-state index contributed by atoms with van der Waals surface area (Å²) in [6.45, 7) is 5.35. The molecule has 5 nitrogen and oxygen atoms in total. The lowest BCUT2D eigenvalue weighted by molar-refractivity contribution is -0.137. The maximum atomic E-state index is 11.0. The molecule has 0 spiro atoms. The summed E-state index contributed by atoms with van der Waals surface area (Å²) in [5, 5.41) is 8.24. The van der Waals surface area contributed by atoms with Crippen LogP contribution in [-0.4, -0.2) is 24.6 Å². The van der Waals surface area contributed by atoms with E-state index in [4.69, 9.17) is 10.00 Å². The minimum atomic E-state index is -0.710. The second-order valence-corrected chi connectivity index (χ2v) is 2.40. The normalized spacial score (nSPS) is 10.8. The van der Waals surface area contributed by atoms with Gasteiger partial charge in [0.25, 0.3) is 0 Å². The molecule has 13 heavy (non-hydrogen) atoms. The topological polar surface area (TPSA) is 71.7 Å². The fourth-order valence-corrected chi connectivity index (χ4v) is 0.582. The zero-order valence-electron chi connectivity index (χ0n) is 7.90. The lowest BCUT2D eigenvalue weighted by Gasteiger charge is -2.09. The van der Waals surface area contributed by atoms with E-state index < -0.39 is 5.97 Å². The average Bonchev–Trinajstić information content (AvgIpc) is 2.03. The van der Waals surface area contributed by atoms with Crippen LogP contribution in [0.4, 0.5) is 0 Å². The number of carbonyl (C=O) groups excluding carboxylic acids is 1. The molecular weight excluding hydrogens is 172 g/mol. The number of hydrogen-bond acceptors (Lipinski definition) is 5. The van der Waals surface area contributed by atoms with Crippen LogP contribution in [0.15, 0.2) is 4.99 Å². The molecule has 0 aromatic rings. The Hall–Kier alpha value is -1.57. The Morgan fingerprint density at radius 1 is 1.62 bits per heavy atom. The van der Waals surface area contributed by atoms with Crippen molar-refractivity contribution in [2.75, 3.05) is 6.61 Å². The fourth-order valence-electron chi connectivity index (χ4n) is 0.582. The van der Waals surface area contributed by atoms with Crippen molar-refractivity contribution in [3.63, 3.8) is 0 Å². The summed E-state index contributed by atoms with van der Waals surface area (Å²) >= 11 is 0. The first-order valence-corrected chi connectivity index (χ1v) is 3.92. The largest absolute Gasteiger partial charge is 0.469 e. The SMILES string of the molecule is CCOC(=O)C(=NC#N)OC(C)C. The highest BCUT2D eigenvalue weighted by Crippen LogP contribution is 1.94. The highest BCUT2D eigenvalue weighted by Gasteiger charge is 2.15. The van der Waals surface area contributed by atoms with Crippen molar-refractivity contribution in [3.05, 3.63) is 0 Å². The number of esters is 1.